The molecule has 156 valence electrons. The maximum atomic E-state index is 13.2. The van der Waals surface area contributed by atoms with Gasteiger partial charge in [-0.2, -0.15) is 4.31 Å². The molecule has 3 rings (SSSR count). The van der Waals surface area contributed by atoms with Gasteiger partial charge in [-0.3, -0.25) is 4.79 Å². The molecule has 0 saturated carbocycles. The van der Waals surface area contributed by atoms with Gasteiger partial charge in [0.05, 0.1) is 22.7 Å². The Balaban J connectivity index is 1.94. The molecule has 6 nitrogen and oxygen atoms in total. The maximum absolute atomic E-state index is 13.2. The smallest absolute Gasteiger partial charge is 0.278 e. The molecule has 0 atom stereocenters. The van der Waals surface area contributed by atoms with Crippen LogP contribution in [0.2, 0.25) is 10.0 Å². The van der Waals surface area contributed by atoms with Crippen molar-refractivity contribution in [1.82, 2.24) is 0 Å². The number of halogens is 2. The van der Waals surface area contributed by atoms with Crippen LogP contribution in [0.1, 0.15) is 0 Å². The van der Waals surface area contributed by atoms with Crippen LogP contribution in [0.15, 0.2) is 77.7 Å². The minimum absolute atomic E-state index is 0.0290. The lowest BCUT2D eigenvalue weighted by molar-refractivity contribution is -0.119. The van der Waals surface area contributed by atoms with Crippen LogP contribution in [-0.4, -0.2) is 28.0 Å². The van der Waals surface area contributed by atoms with Crippen LogP contribution in [0.3, 0.4) is 0 Å². The number of benzene rings is 3. The summed E-state index contributed by atoms with van der Waals surface area (Å²) in [5.74, 6) is -0.0660. The average molecular weight is 466 g/mol. The number of carbonyl (C=O) groups excluding carboxylic acids is 1. The topological polar surface area (TPSA) is 72.9 Å². The SMILES string of the molecule is COc1ccc(N(C(=O)COc2ccc(Cl)cc2Cl)S(=O)(=O)c2ccccc2)cc1. The molecule has 0 radical (unpaired) electrons. The summed E-state index contributed by atoms with van der Waals surface area (Å²) in [4.78, 5) is 13.0. The summed E-state index contributed by atoms with van der Waals surface area (Å²) in [7, 11) is -2.70. The van der Waals surface area contributed by atoms with Gasteiger partial charge in [-0.1, -0.05) is 41.4 Å². The van der Waals surface area contributed by atoms with Crippen LogP contribution in [0, 0.1) is 0 Å². The summed E-state index contributed by atoms with van der Waals surface area (Å²) >= 11 is 11.9. The van der Waals surface area contributed by atoms with Crippen molar-refractivity contribution in [2.24, 2.45) is 0 Å². The fraction of sp³-hybridized carbons (Fsp3) is 0.0952. The van der Waals surface area contributed by atoms with E-state index in [0.717, 1.165) is 0 Å². The summed E-state index contributed by atoms with van der Waals surface area (Å²) in [6, 6.07) is 18.3. The third-order valence-electron chi connectivity index (χ3n) is 4.06. The molecule has 0 fully saturated rings. The Labute approximate surface area is 184 Å². The number of sulfonamides is 1. The lowest BCUT2D eigenvalue weighted by Crippen LogP contribution is -2.40. The van der Waals surface area contributed by atoms with Gasteiger partial charge in [-0.25, -0.2) is 8.42 Å². The largest absolute Gasteiger partial charge is 0.497 e. The van der Waals surface area contributed by atoms with Crippen LogP contribution in [0.4, 0.5) is 5.69 Å². The van der Waals surface area contributed by atoms with Gasteiger partial charge in [0, 0.05) is 5.02 Å². The summed E-state index contributed by atoms with van der Waals surface area (Å²) in [6.45, 7) is -0.556. The molecule has 0 heterocycles. The number of hydrogen-bond acceptors (Lipinski definition) is 5. The summed E-state index contributed by atoms with van der Waals surface area (Å²) < 4.78 is 37.7. The van der Waals surface area contributed by atoms with Crippen molar-refractivity contribution >= 4 is 44.8 Å². The van der Waals surface area contributed by atoms with Crippen molar-refractivity contribution < 1.29 is 22.7 Å². The van der Waals surface area contributed by atoms with Gasteiger partial charge < -0.3 is 9.47 Å². The van der Waals surface area contributed by atoms with Crippen LogP contribution in [0.5, 0.6) is 11.5 Å². The molecule has 0 aliphatic rings. The monoisotopic (exact) mass is 465 g/mol. The van der Waals surface area contributed by atoms with E-state index in [4.69, 9.17) is 32.7 Å². The van der Waals surface area contributed by atoms with Crippen LogP contribution in [-0.2, 0) is 14.8 Å². The van der Waals surface area contributed by atoms with E-state index in [1.54, 1.807) is 36.4 Å². The average Bonchev–Trinajstić information content (AvgIpc) is 2.74. The number of nitrogens with zero attached hydrogens (tertiary/aromatic N) is 1. The third-order valence-corrected chi connectivity index (χ3v) is 6.35. The van der Waals surface area contributed by atoms with E-state index in [0.29, 0.717) is 15.1 Å². The lowest BCUT2D eigenvalue weighted by atomic mass is 10.3. The second-order valence-corrected chi connectivity index (χ2v) is 8.67. The molecule has 9 heteroatoms. The number of rotatable bonds is 7. The quantitative estimate of drug-likeness (QED) is 0.500. The first kappa shape index (κ1) is 22.0. The molecular weight excluding hydrogens is 449 g/mol. The van der Waals surface area contributed by atoms with Crippen molar-refractivity contribution in [3.63, 3.8) is 0 Å². The number of hydrogen-bond donors (Lipinski definition) is 0. The Morgan fingerprint density at radius 1 is 0.967 bits per heavy atom. The van der Waals surface area contributed by atoms with Gasteiger partial charge in [0.2, 0.25) is 0 Å². The second-order valence-electron chi connectivity index (χ2n) is 6.04. The Bertz CT molecular complexity index is 1140. The number of ether oxygens (including phenoxy) is 2. The van der Waals surface area contributed by atoms with E-state index in [9.17, 15) is 13.2 Å². The molecule has 0 aliphatic carbocycles. The van der Waals surface area contributed by atoms with Crippen LogP contribution in [0.25, 0.3) is 0 Å². The van der Waals surface area contributed by atoms with E-state index in [-0.39, 0.29) is 21.4 Å². The predicted octanol–water partition coefficient (Wildman–Crippen LogP) is 4.80. The van der Waals surface area contributed by atoms with Crippen molar-refractivity contribution in [3.8, 4) is 11.5 Å². The zero-order valence-corrected chi connectivity index (χ0v) is 18.1. The standard InChI is InChI=1S/C21H17Cl2NO5S/c1-28-17-10-8-16(9-11-17)24(30(26,27)18-5-3-2-4-6-18)21(25)14-29-20-12-7-15(22)13-19(20)23/h2-13H,14H2,1H3. The molecule has 0 spiro atoms. The second kappa shape index (κ2) is 9.38. The van der Waals surface area contributed by atoms with Crippen molar-refractivity contribution in [1.29, 1.82) is 0 Å². The summed E-state index contributed by atoms with van der Waals surface area (Å²) in [5, 5.41) is 0.613. The highest BCUT2D eigenvalue weighted by Gasteiger charge is 2.31. The highest BCUT2D eigenvalue weighted by atomic mass is 35.5. The van der Waals surface area contributed by atoms with Crippen molar-refractivity contribution in [2.45, 2.75) is 4.90 Å². The number of amides is 1. The maximum Gasteiger partial charge on any atom is 0.278 e. The zero-order valence-electron chi connectivity index (χ0n) is 15.8. The Hall–Kier alpha value is -2.74. The van der Waals surface area contributed by atoms with Gasteiger partial charge >= 0.3 is 0 Å². The molecule has 30 heavy (non-hydrogen) atoms. The molecule has 0 aliphatic heterocycles. The molecule has 0 N–H and O–H groups in total. The molecular formula is C21H17Cl2NO5S. The molecule has 3 aromatic rings. The molecule has 0 unspecified atom stereocenters. The Kier molecular flexibility index (Phi) is 6.87. The molecule has 0 aromatic heterocycles. The number of anilines is 1. The Morgan fingerprint density at radius 2 is 1.63 bits per heavy atom. The normalized spacial score (nSPS) is 11.0. The van der Waals surface area contributed by atoms with Gasteiger partial charge in [0.1, 0.15) is 11.5 Å². The fourth-order valence-corrected chi connectivity index (χ4v) is 4.52. The highest BCUT2D eigenvalue weighted by molar-refractivity contribution is 7.93. The van der Waals surface area contributed by atoms with E-state index in [1.165, 1.54) is 43.5 Å². The number of carbonyl (C=O) groups is 1. The lowest BCUT2D eigenvalue weighted by Gasteiger charge is -2.23. The van der Waals surface area contributed by atoms with E-state index in [2.05, 4.69) is 0 Å². The predicted molar refractivity (Wildman–Crippen MR) is 116 cm³/mol. The fourth-order valence-electron chi connectivity index (χ4n) is 2.62. The van der Waals surface area contributed by atoms with Crippen molar-refractivity contribution in [3.05, 3.63) is 82.8 Å². The minimum atomic E-state index is -4.19. The van der Waals surface area contributed by atoms with E-state index in [1.807, 2.05) is 0 Å². The zero-order chi connectivity index (χ0) is 21.7. The molecule has 0 saturated heterocycles. The first-order valence-electron chi connectivity index (χ1n) is 8.68. The first-order valence-corrected chi connectivity index (χ1v) is 10.9. The highest BCUT2D eigenvalue weighted by Crippen LogP contribution is 2.29. The first-order chi connectivity index (χ1) is 14.3. The number of methoxy groups -OCH3 is 1. The van der Waals surface area contributed by atoms with Crippen molar-refractivity contribution in [2.75, 3.05) is 18.0 Å². The van der Waals surface area contributed by atoms with Crippen LogP contribution < -0.4 is 13.8 Å². The van der Waals surface area contributed by atoms with Gasteiger partial charge in [-0.15, -0.1) is 0 Å². The molecule has 0 bridgehead atoms. The van der Waals surface area contributed by atoms with Gasteiger partial charge in [0.25, 0.3) is 15.9 Å². The van der Waals surface area contributed by atoms with E-state index < -0.39 is 22.5 Å². The van der Waals surface area contributed by atoms with Gasteiger partial charge in [-0.05, 0) is 54.6 Å². The third kappa shape index (κ3) is 4.87. The molecule has 3 aromatic carbocycles. The minimum Gasteiger partial charge on any atom is -0.497 e. The molecule has 1 amide bonds. The Morgan fingerprint density at radius 3 is 2.23 bits per heavy atom. The summed E-state index contributed by atoms with van der Waals surface area (Å²) in [6.07, 6.45) is 0. The summed E-state index contributed by atoms with van der Waals surface area (Å²) in [5.41, 5.74) is 0.149. The van der Waals surface area contributed by atoms with Gasteiger partial charge in [0.15, 0.2) is 6.61 Å². The van der Waals surface area contributed by atoms with E-state index >= 15 is 0 Å². The van der Waals surface area contributed by atoms with Crippen LogP contribution >= 0.6 is 23.2 Å².